The third-order valence-electron chi connectivity index (χ3n) is 6.75. The van der Waals surface area contributed by atoms with E-state index in [2.05, 4.69) is 51.6 Å². The number of hydrogen-bond acceptors (Lipinski definition) is 5. The minimum Gasteiger partial charge on any atom is -0.379 e. The number of fused-ring (bicyclic) bond motifs is 1. The molecule has 7 heteroatoms. The Balaban J connectivity index is 1.39. The van der Waals surface area contributed by atoms with Gasteiger partial charge in [0, 0.05) is 30.9 Å². The smallest absolute Gasteiger partial charge is 0.270 e. The summed E-state index contributed by atoms with van der Waals surface area (Å²) in [6, 6.07) is 17.6. The minimum atomic E-state index is -0.315. The summed E-state index contributed by atoms with van der Waals surface area (Å²) in [7, 11) is 1.66. The monoisotopic (exact) mass is 447 g/mol. The van der Waals surface area contributed by atoms with E-state index in [9.17, 15) is 10.1 Å². The molecular formula is C25H26ClN5O. The second kappa shape index (κ2) is 8.48. The molecule has 32 heavy (non-hydrogen) atoms. The van der Waals surface area contributed by atoms with Crippen LogP contribution in [0.3, 0.4) is 0 Å². The third-order valence-corrected chi connectivity index (χ3v) is 6.96. The Morgan fingerprint density at radius 3 is 2.34 bits per heavy atom. The Morgan fingerprint density at radius 1 is 1.06 bits per heavy atom. The van der Waals surface area contributed by atoms with Crippen molar-refractivity contribution >= 4 is 34.0 Å². The molecular weight excluding hydrogens is 422 g/mol. The number of para-hydroxylation sites is 1. The summed E-state index contributed by atoms with van der Waals surface area (Å²) in [6.45, 7) is 0. The SMILES string of the molecule is Cn1c(=O)c(C#N)c(N[C@H]2CC[C@H](N(c3ccccc3)C3CC3)CC2)c2nc(Cl)ccc21. The van der Waals surface area contributed by atoms with E-state index in [1.165, 1.54) is 23.1 Å². The standard InChI is InChI=1S/C25H26ClN5O/c1-30-21-13-14-22(26)29-24(21)23(20(15-27)25(30)32)28-16-7-9-18(10-8-16)31(19-11-12-19)17-5-3-2-4-6-17/h2-6,13-14,16,18-19,28H,7-12H2,1H3/t16-,18-. The van der Waals surface area contributed by atoms with E-state index in [0.29, 0.717) is 34.0 Å². The molecule has 2 saturated carbocycles. The van der Waals surface area contributed by atoms with Crippen molar-refractivity contribution in [3.8, 4) is 6.07 Å². The molecule has 1 N–H and O–H groups in total. The van der Waals surface area contributed by atoms with Crippen LogP contribution < -0.4 is 15.8 Å². The molecule has 3 aromatic rings. The van der Waals surface area contributed by atoms with Gasteiger partial charge in [-0.3, -0.25) is 4.79 Å². The number of nitrogens with one attached hydrogen (secondary N) is 1. The zero-order valence-corrected chi connectivity index (χ0v) is 18.8. The summed E-state index contributed by atoms with van der Waals surface area (Å²) in [5.74, 6) is 0. The van der Waals surface area contributed by atoms with E-state index < -0.39 is 0 Å². The number of pyridine rings is 2. The number of nitrogens with zero attached hydrogens (tertiary/aromatic N) is 4. The van der Waals surface area contributed by atoms with Gasteiger partial charge in [0.25, 0.3) is 5.56 Å². The molecule has 5 rings (SSSR count). The molecule has 0 unspecified atom stereocenters. The lowest BCUT2D eigenvalue weighted by Crippen LogP contribution is -2.42. The largest absolute Gasteiger partial charge is 0.379 e. The number of hydrogen-bond donors (Lipinski definition) is 1. The first kappa shape index (κ1) is 20.8. The molecule has 2 aliphatic carbocycles. The van der Waals surface area contributed by atoms with Crippen molar-refractivity contribution in [3.05, 3.63) is 63.5 Å². The van der Waals surface area contributed by atoms with Crippen molar-refractivity contribution in [2.75, 3.05) is 10.2 Å². The second-order valence-corrected chi connectivity index (χ2v) is 9.24. The molecule has 0 aliphatic heterocycles. The first-order valence-electron chi connectivity index (χ1n) is 11.3. The van der Waals surface area contributed by atoms with Crippen LogP contribution in [0.1, 0.15) is 44.1 Å². The van der Waals surface area contributed by atoms with Gasteiger partial charge in [-0.25, -0.2) is 4.98 Å². The summed E-state index contributed by atoms with van der Waals surface area (Å²) in [5, 5.41) is 13.6. The third kappa shape index (κ3) is 3.82. The van der Waals surface area contributed by atoms with Crippen LogP contribution in [-0.4, -0.2) is 27.7 Å². The minimum absolute atomic E-state index is 0.0979. The van der Waals surface area contributed by atoms with Gasteiger partial charge >= 0.3 is 0 Å². The maximum absolute atomic E-state index is 12.8. The lowest BCUT2D eigenvalue weighted by atomic mass is 9.89. The average Bonchev–Trinajstić information content (AvgIpc) is 3.64. The number of anilines is 2. The van der Waals surface area contributed by atoms with Gasteiger partial charge in [-0.05, 0) is 62.8 Å². The predicted molar refractivity (Wildman–Crippen MR) is 128 cm³/mol. The fourth-order valence-corrected chi connectivity index (χ4v) is 5.15. The zero-order chi connectivity index (χ0) is 22.2. The van der Waals surface area contributed by atoms with Gasteiger partial charge in [-0.2, -0.15) is 5.26 Å². The number of aromatic nitrogens is 2. The van der Waals surface area contributed by atoms with Crippen LogP contribution in [0.25, 0.3) is 11.0 Å². The molecule has 2 heterocycles. The summed E-state index contributed by atoms with van der Waals surface area (Å²) in [4.78, 5) is 19.8. The van der Waals surface area contributed by atoms with E-state index in [0.717, 1.165) is 25.7 Å². The van der Waals surface area contributed by atoms with Crippen molar-refractivity contribution in [2.45, 2.75) is 56.7 Å². The quantitative estimate of drug-likeness (QED) is 0.566. The molecule has 0 amide bonds. The van der Waals surface area contributed by atoms with E-state index in [4.69, 9.17) is 11.6 Å². The maximum Gasteiger partial charge on any atom is 0.270 e. The normalized spacial score (nSPS) is 20.7. The van der Waals surface area contributed by atoms with Gasteiger partial charge in [0.15, 0.2) is 0 Å². The van der Waals surface area contributed by atoms with Crippen LogP contribution in [0.4, 0.5) is 11.4 Å². The van der Waals surface area contributed by atoms with Crippen LogP contribution in [-0.2, 0) is 7.05 Å². The van der Waals surface area contributed by atoms with Gasteiger partial charge < -0.3 is 14.8 Å². The highest BCUT2D eigenvalue weighted by Gasteiger charge is 2.36. The Morgan fingerprint density at radius 2 is 1.72 bits per heavy atom. The lowest BCUT2D eigenvalue weighted by molar-refractivity contribution is 0.387. The highest BCUT2D eigenvalue weighted by molar-refractivity contribution is 6.29. The van der Waals surface area contributed by atoms with Crippen LogP contribution in [0, 0.1) is 11.3 Å². The molecule has 0 atom stereocenters. The molecule has 164 valence electrons. The van der Waals surface area contributed by atoms with E-state index in [-0.39, 0.29) is 17.2 Å². The van der Waals surface area contributed by atoms with Gasteiger partial charge in [-0.1, -0.05) is 29.8 Å². The molecule has 0 bridgehead atoms. The average molecular weight is 448 g/mol. The van der Waals surface area contributed by atoms with Gasteiger partial charge in [0.05, 0.1) is 11.2 Å². The molecule has 2 aliphatic rings. The summed E-state index contributed by atoms with van der Waals surface area (Å²) >= 11 is 6.15. The first-order valence-corrected chi connectivity index (χ1v) is 11.6. The number of nitriles is 1. The number of halogens is 1. The van der Waals surface area contributed by atoms with Crippen LogP contribution >= 0.6 is 11.6 Å². The summed E-state index contributed by atoms with van der Waals surface area (Å²) < 4.78 is 1.46. The fourth-order valence-electron chi connectivity index (χ4n) is 5.00. The predicted octanol–water partition coefficient (Wildman–Crippen LogP) is 4.85. The number of aryl methyl sites for hydroxylation is 1. The Kier molecular flexibility index (Phi) is 5.52. The van der Waals surface area contributed by atoms with Gasteiger partial charge in [-0.15, -0.1) is 0 Å². The van der Waals surface area contributed by atoms with Crippen molar-refractivity contribution in [2.24, 2.45) is 7.05 Å². The zero-order valence-electron chi connectivity index (χ0n) is 18.1. The van der Waals surface area contributed by atoms with Crippen LogP contribution in [0.2, 0.25) is 5.15 Å². The number of rotatable bonds is 5. The molecule has 2 aromatic heterocycles. The Bertz CT molecular complexity index is 1240. The van der Waals surface area contributed by atoms with Crippen molar-refractivity contribution in [1.29, 1.82) is 5.26 Å². The van der Waals surface area contributed by atoms with Crippen molar-refractivity contribution in [1.82, 2.24) is 9.55 Å². The van der Waals surface area contributed by atoms with Crippen molar-refractivity contribution in [3.63, 3.8) is 0 Å². The first-order chi connectivity index (χ1) is 15.6. The van der Waals surface area contributed by atoms with Gasteiger partial charge in [0.2, 0.25) is 0 Å². The van der Waals surface area contributed by atoms with Crippen LogP contribution in [0.15, 0.2) is 47.3 Å². The highest BCUT2D eigenvalue weighted by atomic mass is 35.5. The molecule has 1 aromatic carbocycles. The van der Waals surface area contributed by atoms with Crippen molar-refractivity contribution < 1.29 is 0 Å². The second-order valence-electron chi connectivity index (χ2n) is 8.85. The van der Waals surface area contributed by atoms with E-state index >= 15 is 0 Å². The van der Waals surface area contributed by atoms with Crippen LogP contribution in [0.5, 0.6) is 0 Å². The summed E-state index contributed by atoms with van der Waals surface area (Å²) in [6.07, 6.45) is 6.63. The lowest BCUT2D eigenvalue weighted by Gasteiger charge is -2.39. The molecule has 6 nitrogen and oxygen atoms in total. The molecule has 0 radical (unpaired) electrons. The number of benzene rings is 1. The molecule has 0 spiro atoms. The van der Waals surface area contributed by atoms with E-state index in [1.807, 2.05) is 0 Å². The topological polar surface area (TPSA) is 74.0 Å². The fraction of sp³-hybridized carbons (Fsp3) is 0.400. The molecule has 0 saturated heterocycles. The Hall–Kier alpha value is -3.04. The van der Waals surface area contributed by atoms with E-state index in [1.54, 1.807) is 19.2 Å². The summed E-state index contributed by atoms with van der Waals surface area (Å²) in [5.41, 5.74) is 2.85. The van der Waals surface area contributed by atoms with Gasteiger partial charge in [0.1, 0.15) is 22.3 Å². The Labute approximate surface area is 192 Å². The highest BCUT2D eigenvalue weighted by Crippen LogP contribution is 2.38. The maximum atomic E-state index is 12.8. The molecule has 2 fully saturated rings.